The van der Waals surface area contributed by atoms with Crippen LogP contribution in [0.4, 0.5) is 0 Å². The second kappa shape index (κ2) is 11.2. The average molecular weight is 435 g/mol. The van der Waals surface area contributed by atoms with E-state index >= 15 is 0 Å². The van der Waals surface area contributed by atoms with Crippen molar-refractivity contribution in [2.75, 3.05) is 13.1 Å². The molecule has 0 unspecified atom stereocenters. The largest absolute Gasteiger partial charge is 0.354 e. The smallest absolute Gasteiger partial charge is 0.242 e. The lowest BCUT2D eigenvalue weighted by Crippen LogP contribution is -2.49. The Morgan fingerprint density at radius 1 is 1.03 bits per heavy atom. The monoisotopic (exact) mass is 434 g/mol. The van der Waals surface area contributed by atoms with Crippen LogP contribution in [0.5, 0.6) is 0 Å². The number of halogens is 2. The molecule has 29 heavy (non-hydrogen) atoms. The van der Waals surface area contributed by atoms with Crippen molar-refractivity contribution in [3.05, 3.63) is 69.7 Å². The van der Waals surface area contributed by atoms with Crippen LogP contribution >= 0.6 is 23.2 Å². The summed E-state index contributed by atoms with van der Waals surface area (Å²) in [5, 5.41) is 3.89. The Labute approximate surface area is 183 Å². The Bertz CT molecular complexity index is 825. The minimum atomic E-state index is -0.573. The predicted octanol–water partition coefficient (Wildman–Crippen LogP) is 4.77. The normalized spacial score (nSPS) is 11.9. The first kappa shape index (κ1) is 23.2. The van der Waals surface area contributed by atoms with Gasteiger partial charge in [0.1, 0.15) is 6.04 Å². The maximum atomic E-state index is 13.1. The first-order chi connectivity index (χ1) is 13.8. The Morgan fingerprint density at radius 2 is 1.72 bits per heavy atom. The highest BCUT2D eigenvalue weighted by Gasteiger charge is 2.26. The van der Waals surface area contributed by atoms with Crippen LogP contribution in [0.25, 0.3) is 0 Å². The van der Waals surface area contributed by atoms with Gasteiger partial charge >= 0.3 is 0 Å². The van der Waals surface area contributed by atoms with Crippen LogP contribution < -0.4 is 5.32 Å². The van der Waals surface area contributed by atoms with Crippen molar-refractivity contribution in [1.29, 1.82) is 0 Å². The van der Waals surface area contributed by atoms with Gasteiger partial charge in [0, 0.05) is 23.1 Å². The van der Waals surface area contributed by atoms with E-state index in [0.29, 0.717) is 41.0 Å². The number of hydrogen-bond donors (Lipinski definition) is 1. The van der Waals surface area contributed by atoms with Gasteiger partial charge in [0.25, 0.3) is 0 Å². The topological polar surface area (TPSA) is 49.4 Å². The molecule has 6 heteroatoms. The zero-order chi connectivity index (χ0) is 21.4. The number of rotatable bonds is 9. The van der Waals surface area contributed by atoms with Gasteiger partial charge in [-0.2, -0.15) is 0 Å². The molecule has 0 saturated carbocycles. The van der Waals surface area contributed by atoms with Gasteiger partial charge in [-0.3, -0.25) is 9.59 Å². The van der Waals surface area contributed by atoms with Crippen molar-refractivity contribution >= 4 is 35.0 Å². The fourth-order valence-electron chi connectivity index (χ4n) is 2.95. The third-order valence-electron chi connectivity index (χ3n) is 4.69. The van der Waals surface area contributed by atoms with Gasteiger partial charge in [0.05, 0.1) is 6.42 Å². The molecule has 0 radical (unpaired) electrons. The summed E-state index contributed by atoms with van der Waals surface area (Å²) in [7, 11) is 0. The lowest BCUT2D eigenvalue weighted by Gasteiger charge is -2.29. The number of carbonyl (C=O) groups is 2. The minimum Gasteiger partial charge on any atom is -0.354 e. The van der Waals surface area contributed by atoms with Gasteiger partial charge in [-0.25, -0.2) is 0 Å². The molecule has 0 spiro atoms. The SMILES string of the molecule is CC(C)CNC(=O)[C@H](C)N(CCc1ccccc1)C(=O)Cc1ccc(Cl)cc1Cl. The van der Waals surface area contributed by atoms with Gasteiger partial charge in [-0.15, -0.1) is 0 Å². The van der Waals surface area contributed by atoms with E-state index in [4.69, 9.17) is 23.2 Å². The number of nitrogens with one attached hydrogen (secondary N) is 1. The van der Waals surface area contributed by atoms with Crippen molar-refractivity contribution < 1.29 is 9.59 Å². The molecule has 2 amide bonds. The third kappa shape index (κ3) is 7.37. The summed E-state index contributed by atoms with van der Waals surface area (Å²) >= 11 is 12.2. The second-order valence-corrected chi connectivity index (χ2v) is 8.39. The molecule has 4 nitrogen and oxygen atoms in total. The summed E-state index contributed by atoms with van der Waals surface area (Å²) in [5.41, 5.74) is 1.81. The summed E-state index contributed by atoms with van der Waals surface area (Å²) < 4.78 is 0. The van der Waals surface area contributed by atoms with Crippen molar-refractivity contribution in [2.45, 2.75) is 39.7 Å². The van der Waals surface area contributed by atoms with Crippen LogP contribution in [0.1, 0.15) is 31.9 Å². The van der Waals surface area contributed by atoms with Gasteiger partial charge in [0.2, 0.25) is 11.8 Å². The molecule has 0 fully saturated rings. The molecule has 0 aliphatic carbocycles. The summed E-state index contributed by atoms with van der Waals surface area (Å²) in [6.45, 7) is 6.86. The highest BCUT2D eigenvalue weighted by molar-refractivity contribution is 6.35. The Hall–Kier alpha value is -2.04. The fraction of sp³-hybridized carbons (Fsp3) is 0.391. The molecule has 0 aliphatic heterocycles. The molecule has 0 aliphatic rings. The Kier molecular flexibility index (Phi) is 8.99. The molecule has 0 heterocycles. The molecule has 2 aromatic carbocycles. The summed E-state index contributed by atoms with van der Waals surface area (Å²) in [5.74, 6) is 0.0483. The van der Waals surface area contributed by atoms with E-state index in [2.05, 4.69) is 5.32 Å². The van der Waals surface area contributed by atoms with Crippen LogP contribution in [0.3, 0.4) is 0 Å². The van der Waals surface area contributed by atoms with E-state index in [1.54, 1.807) is 30.0 Å². The van der Waals surface area contributed by atoms with E-state index in [0.717, 1.165) is 5.56 Å². The van der Waals surface area contributed by atoms with Crippen molar-refractivity contribution in [1.82, 2.24) is 10.2 Å². The van der Waals surface area contributed by atoms with E-state index in [1.165, 1.54) is 0 Å². The average Bonchev–Trinajstić information content (AvgIpc) is 2.69. The van der Waals surface area contributed by atoms with Crippen molar-refractivity contribution in [3.63, 3.8) is 0 Å². The first-order valence-electron chi connectivity index (χ1n) is 9.83. The second-order valence-electron chi connectivity index (χ2n) is 7.55. The molecular weight excluding hydrogens is 407 g/mol. The van der Waals surface area contributed by atoms with Gasteiger partial charge in [-0.05, 0) is 42.5 Å². The number of carbonyl (C=O) groups excluding carboxylic acids is 2. The quantitative estimate of drug-likeness (QED) is 0.617. The van der Waals surface area contributed by atoms with Crippen LogP contribution in [0.2, 0.25) is 10.0 Å². The highest BCUT2D eigenvalue weighted by Crippen LogP contribution is 2.22. The molecule has 0 saturated heterocycles. The van der Waals surface area contributed by atoms with E-state index in [-0.39, 0.29) is 18.2 Å². The van der Waals surface area contributed by atoms with Gasteiger partial charge in [0.15, 0.2) is 0 Å². The maximum Gasteiger partial charge on any atom is 0.242 e. The fourth-order valence-corrected chi connectivity index (χ4v) is 3.43. The van der Waals surface area contributed by atoms with Crippen molar-refractivity contribution in [3.8, 4) is 0 Å². The molecule has 0 aromatic heterocycles. The zero-order valence-corrected chi connectivity index (χ0v) is 18.6. The molecule has 1 atom stereocenters. The van der Waals surface area contributed by atoms with E-state index in [9.17, 15) is 9.59 Å². The van der Waals surface area contributed by atoms with E-state index < -0.39 is 6.04 Å². The summed E-state index contributed by atoms with van der Waals surface area (Å²) in [6.07, 6.45) is 0.787. The van der Waals surface area contributed by atoms with Crippen LogP contribution in [-0.4, -0.2) is 35.8 Å². The molecular formula is C23H28Cl2N2O2. The summed E-state index contributed by atoms with van der Waals surface area (Å²) in [4.78, 5) is 27.4. The lowest BCUT2D eigenvalue weighted by atomic mass is 10.1. The minimum absolute atomic E-state index is 0.118. The third-order valence-corrected chi connectivity index (χ3v) is 5.28. The van der Waals surface area contributed by atoms with Gasteiger partial charge < -0.3 is 10.2 Å². The Morgan fingerprint density at radius 3 is 2.34 bits per heavy atom. The number of hydrogen-bond acceptors (Lipinski definition) is 2. The van der Waals surface area contributed by atoms with Crippen molar-refractivity contribution in [2.24, 2.45) is 5.92 Å². The molecule has 2 aromatic rings. The van der Waals surface area contributed by atoms with Crippen LogP contribution in [0, 0.1) is 5.92 Å². The Balaban J connectivity index is 2.15. The van der Waals surface area contributed by atoms with Crippen LogP contribution in [-0.2, 0) is 22.4 Å². The standard InChI is InChI=1S/C23H28Cl2N2O2/c1-16(2)15-26-23(29)17(3)27(12-11-18-7-5-4-6-8-18)22(28)13-19-9-10-20(24)14-21(19)25/h4-10,14,16-17H,11-13,15H2,1-3H3,(H,26,29)/t17-/m0/s1. The summed E-state index contributed by atoms with van der Waals surface area (Å²) in [6, 6.07) is 14.4. The maximum absolute atomic E-state index is 13.1. The van der Waals surface area contributed by atoms with Crippen LogP contribution in [0.15, 0.2) is 48.5 Å². The number of benzene rings is 2. The predicted molar refractivity (Wildman–Crippen MR) is 119 cm³/mol. The zero-order valence-electron chi connectivity index (χ0n) is 17.1. The molecule has 0 bridgehead atoms. The number of nitrogens with zero attached hydrogens (tertiary/aromatic N) is 1. The molecule has 1 N–H and O–H groups in total. The first-order valence-corrected chi connectivity index (χ1v) is 10.6. The highest BCUT2D eigenvalue weighted by atomic mass is 35.5. The van der Waals surface area contributed by atoms with Gasteiger partial charge in [-0.1, -0.05) is 73.4 Å². The van der Waals surface area contributed by atoms with E-state index in [1.807, 2.05) is 44.2 Å². The molecule has 156 valence electrons. The lowest BCUT2D eigenvalue weighted by molar-refractivity contribution is -0.139. The molecule has 2 rings (SSSR count). The number of amides is 2.